The molecule has 82 valence electrons. The zero-order valence-electron chi connectivity index (χ0n) is 8.71. The molecule has 4 nitrogen and oxygen atoms in total. The van der Waals surface area contributed by atoms with E-state index < -0.39 is 0 Å². The number of rotatable bonds is 2. The lowest BCUT2D eigenvalue weighted by atomic mass is 10.1. The summed E-state index contributed by atoms with van der Waals surface area (Å²) in [6, 6.07) is 9.32. The van der Waals surface area contributed by atoms with E-state index in [-0.39, 0.29) is 0 Å². The first-order valence-electron chi connectivity index (χ1n) is 4.79. The number of anilines is 1. The summed E-state index contributed by atoms with van der Waals surface area (Å²) < 4.78 is 0. The predicted molar refractivity (Wildman–Crippen MR) is 66.1 cm³/mol. The molecule has 1 heterocycles. The molecule has 0 atom stereocenters. The Balaban J connectivity index is 2.32. The van der Waals surface area contributed by atoms with Crippen LogP contribution in [0.5, 0.6) is 0 Å². The normalized spacial score (nSPS) is 10.1. The Labute approximate surface area is 98.2 Å². The van der Waals surface area contributed by atoms with E-state index >= 15 is 0 Å². The fourth-order valence-electron chi connectivity index (χ4n) is 1.39. The highest BCUT2D eigenvalue weighted by molar-refractivity contribution is 6.33. The van der Waals surface area contributed by atoms with E-state index in [9.17, 15) is 0 Å². The van der Waals surface area contributed by atoms with Gasteiger partial charge in [0.2, 0.25) is 0 Å². The highest BCUT2D eigenvalue weighted by Crippen LogP contribution is 2.27. The predicted octanol–water partition coefficient (Wildman–Crippen LogP) is 3.14. The van der Waals surface area contributed by atoms with Gasteiger partial charge in [-0.1, -0.05) is 29.8 Å². The van der Waals surface area contributed by atoms with Crippen LogP contribution in [0.1, 0.15) is 6.92 Å². The highest BCUT2D eigenvalue weighted by Gasteiger charge is 2.06. The molecule has 1 aromatic carbocycles. The SMILES string of the molecule is CC(=N)Nc1cc(-c2ccccc2Cl)n[nH]1. The molecule has 2 aromatic rings. The van der Waals surface area contributed by atoms with Gasteiger partial charge in [-0.25, -0.2) is 0 Å². The zero-order chi connectivity index (χ0) is 11.5. The minimum Gasteiger partial charge on any atom is -0.330 e. The maximum Gasteiger partial charge on any atom is 0.127 e. The molecule has 0 radical (unpaired) electrons. The van der Waals surface area contributed by atoms with Crippen molar-refractivity contribution in [3.8, 4) is 11.3 Å². The summed E-state index contributed by atoms with van der Waals surface area (Å²) in [5, 5.41) is 17.7. The van der Waals surface area contributed by atoms with Crippen LogP contribution in [0.25, 0.3) is 11.3 Å². The summed E-state index contributed by atoms with van der Waals surface area (Å²) in [6.45, 7) is 1.66. The van der Waals surface area contributed by atoms with Crippen molar-refractivity contribution in [3.05, 3.63) is 35.4 Å². The molecule has 5 heteroatoms. The van der Waals surface area contributed by atoms with Gasteiger partial charge in [0.25, 0.3) is 0 Å². The van der Waals surface area contributed by atoms with Crippen LogP contribution in [0.3, 0.4) is 0 Å². The lowest BCUT2D eigenvalue weighted by Crippen LogP contribution is -2.04. The Hall–Kier alpha value is -1.81. The molecule has 0 fully saturated rings. The second-order valence-electron chi connectivity index (χ2n) is 3.40. The minimum absolute atomic E-state index is 0.356. The van der Waals surface area contributed by atoms with E-state index in [0.717, 1.165) is 11.3 Å². The van der Waals surface area contributed by atoms with Gasteiger partial charge in [-0.05, 0) is 13.0 Å². The average molecular weight is 235 g/mol. The fourth-order valence-corrected chi connectivity index (χ4v) is 1.63. The van der Waals surface area contributed by atoms with E-state index in [1.54, 1.807) is 6.92 Å². The van der Waals surface area contributed by atoms with E-state index in [1.165, 1.54) is 0 Å². The van der Waals surface area contributed by atoms with Gasteiger partial charge < -0.3 is 5.32 Å². The molecule has 0 aliphatic rings. The van der Waals surface area contributed by atoms with Gasteiger partial charge in [-0.15, -0.1) is 0 Å². The van der Waals surface area contributed by atoms with Crippen LogP contribution >= 0.6 is 11.6 Å². The molecular formula is C11H11ClN4. The van der Waals surface area contributed by atoms with Crippen molar-refractivity contribution in [2.45, 2.75) is 6.92 Å². The van der Waals surface area contributed by atoms with Gasteiger partial charge in [-0.3, -0.25) is 10.5 Å². The van der Waals surface area contributed by atoms with Crippen molar-refractivity contribution in [1.82, 2.24) is 10.2 Å². The van der Waals surface area contributed by atoms with E-state index in [1.807, 2.05) is 30.3 Å². The third-order valence-electron chi connectivity index (χ3n) is 2.05. The number of amidine groups is 1. The number of aromatic nitrogens is 2. The average Bonchev–Trinajstić information content (AvgIpc) is 2.66. The van der Waals surface area contributed by atoms with Gasteiger partial charge in [0.05, 0.1) is 16.6 Å². The van der Waals surface area contributed by atoms with Crippen molar-refractivity contribution in [2.24, 2.45) is 0 Å². The molecule has 0 saturated carbocycles. The first kappa shape index (κ1) is 10.7. The third kappa shape index (κ3) is 2.23. The number of nitrogens with one attached hydrogen (secondary N) is 3. The molecule has 0 saturated heterocycles. The maximum absolute atomic E-state index is 7.30. The number of halogens is 1. The second-order valence-corrected chi connectivity index (χ2v) is 3.80. The smallest absolute Gasteiger partial charge is 0.127 e. The Morgan fingerprint density at radius 1 is 1.44 bits per heavy atom. The topological polar surface area (TPSA) is 64.6 Å². The number of hydrogen-bond acceptors (Lipinski definition) is 2. The van der Waals surface area contributed by atoms with Crippen LogP contribution in [-0.2, 0) is 0 Å². The molecule has 0 spiro atoms. The standard InChI is InChI=1S/C11H11ClN4/c1-7(13)14-11-6-10(15-16-11)8-4-2-3-5-9(8)12/h2-6H,1H3,(H3,13,14,15,16). The summed E-state index contributed by atoms with van der Waals surface area (Å²) in [4.78, 5) is 0. The Bertz CT molecular complexity index is 518. The molecule has 1 aromatic heterocycles. The van der Waals surface area contributed by atoms with Crippen LogP contribution < -0.4 is 5.32 Å². The van der Waals surface area contributed by atoms with Crippen LogP contribution in [0.2, 0.25) is 5.02 Å². The van der Waals surface area contributed by atoms with Crippen molar-refractivity contribution in [2.75, 3.05) is 5.32 Å². The lowest BCUT2D eigenvalue weighted by molar-refractivity contribution is 1.10. The first-order chi connectivity index (χ1) is 7.66. The Morgan fingerprint density at radius 2 is 2.19 bits per heavy atom. The summed E-state index contributed by atoms with van der Waals surface area (Å²) in [7, 11) is 0. The molecule has 0 amide bonds. The molecule has 0 aliphatic heterocycles. The van der Waals surface area contributed by atoms with Crippen molar-refractivity contribution < 1.29 is 0 Å². The van der Waals surface area contributed by atoms with Gasteiger partial charge in [-0.2, -0.15) is 5.10 Å². The Morgan fingerprint density at radius 3 is 2.88 bits per heavy atom. The van der Waals surface area contributed by atoms with Crippen LogP contribution in [0, 0.1) is 5.41 Å². The van der Waals surface area contributed by atoms with Crippen molar-refractivity contribution in [3.63, 3.8) is 0 Å². The molecule has 16 heavy (non-hydrogen) atoms. The summed E-state index contributed by atoms with van der Waals surface area (Å²) in [6.07, 6.45) is 0. The molecule has 2 rings (SSSR count). The number of aromatic amines is 1. The van der Waals surface area contributed by atoms with E-state index in [4.69, 9.17) is 17.0 Å². The summed E-state index contributed by atoms with van der Waals surface area (Å²) >= 11 is 6.06. The number of H-pyrrole nitrogens is 1. The highest BCUT2D eigenvalue weighted by atomic mass is 35.5. The largest absolute Gasteiger partial charge is 0.330 e. The van der Waals surface area contributed by atoms with Crippen molar-refractivity contribution in [1.29, 1.82) is 5.41 Å². The third-order valence-corrected chi connectivity index (χ3v) is 2.38. The second kappa shape index (κ2) is 4.37. The van der Waals surface area contributed by atoms with Crippen molar-refractivity contribution >= 4 is 23.3 Å². The molecule has 0 unspecified atom stereocenters. The number of hydrogen-bond donors (Lipinski definition) is 3. The van der Waals surface area contributed by atoms with Gasteiger partial charge >= 0.3 is 0 Å². The molecule has 3 N–H and O–H groups in total. The van der Waals surface area contributed by atoms with E-state index in [0.29, 0.717) is 16.7 Å². The number of benzene rings is 1. The molecule has 0 aliphatic carbocycles. The van der Waals surface area contributed by atoms with Gasteiger partial charge in [0.15, 0.2) is 0 Å². The van der Waals surface area contributed by atoms with Crippen LogP contribution in [0.15, 0.2) is 30.3 Å². The minimum atomic E-state index is 0.356. The van der Waals surface area contributed by atoms with Gasteiger partial charge in [0.1, 0.15) is 5.82 Å². The maximum atomic E-state index is 7.30. The first-order valence-corrected chi connectivity index (χ1v) is 5.17. The molecule has 0 bridgehead atoms. The van der Waals surface area contributed by atoms with Crippen LogP contribution in [-0.4, -0.2) is 16.0 Å². The fraction of sp³-hybridized carbons (Fsp3) is 0.0909. The lowest BCUT2D eigenvalue weighted by Gasteiger charge is -1.98. The van der Waals surface area contributed by atoms with Crippen LogP contribution in [0.4, 0.5) is 5.82 Å². The van der Waals surface area contributed by atoms with E-state index in [2.05, 4.69) is 15.5 Å². The Kier molecular flexibility index (Phi) is 2.92. The summed E-state index contributed by atoms with van der Waals surface area (Å²) in [5.74, 6) is 1.04. The zero-order valence-corrected chi connectivity index (χ0v) is 9.47. The number of nitrogens with zero attached hydrogens (tertiary/aromatic N) is 1. The quantitative estimate of drug-likeness (QED) is 0.552. The summed E-state index contributed by atoms with van der Waals surface area (Å²) in [5.41, 5.74) is 1.63. The van der Waals surface area contributed by atoms with Gasteiger partial charge in [0, 0.05) is 11.6 Å². The molecular weight excluding hydrogens is 224 g/mol. The monoisotopic (exact) mass is 234 g/mol.